The Kier molecular flexibility index (Phi) is 5.96. The van der Waals surface area contributed by atoms with Crippen molar-refractivity contribution < 1.29 is 31.1 Å². The number of hydrogen-bond donors (Lipinski definition) is 1. The molecule has 2 aromatic carbocycles. The number of alkyl halides is 3. The average molecular weight is 456 g/mol. The van der Waals surface area contributed by atoms with Gasteiger partial charge in [0.05, 0.1) is 23.5 Å². The number of ether oxygens (including phenoxy) is 1. The minimum atomic E-state index is -4.64. The summed E-state index contributed by atoms with van der Waals surface area (Å²) in [6.45, 7) is 3.08. The zero-order chi connectivity index (χ0) is 23.0. The molecule has 31 heavy (non-hydrogen) atoms. The molecule has 1 aliphatic rings. The summed E-state index contributed by atoms with van der Waals surface area (Å²) in [7, 11) is -4.02. The summed E-state index contributed by atoms with van der Waals surface area (Å²) in [5, 5.41) is 2.80. The van der Waals surface area contributed by atoms with Crippen LogP contribution in [0.15, 0.2) is 48.5 Å². The lowest BCUT2D eigenvalue weighted by Gasteiger charge is -2.38. The van der Waals surface area contributed by atoms with Crippen molar-refractivity contribution in [1.29, 1.82) is 0 Å². The molecule has 0 saturated carbocycles. The second kappa shape index (κ2) is 8.07. The van der Waals surface area contributed by atoms with E-state index >= 15 is 0 Å². The molecular weight excluding hydrogens is 433 g/mol. The van der Waals surface area contributed by atoms with E-state index in [9.17, 15) is 26.4 Å². The van der Waals surface area contributed by atoms with Gasteiger partial charge in [-0.05, 0) is 38.1 Å². The lowest BCUT2D eigenvalue weighted by Crippen LogP contribution is -2.45. The van der Waals surface area contributed by atoms with Crippen LogP contribution in [0, 0.1) is 0 Å². The van der Waals surface area contributed by atoms with Crippen molar-refractivity contribution in [1.82, 2.24) is 5.32 Å². The van der Waals surface area contributed by atoms with Crippen LogP contribution in [0.2, 0.25) is 0 Å². The first-order valence-corrected chi connectivity index (χ1v) is 11.3. The van der Waals surface area contributed by atoms with E-state index in [-0.39, 0.29) is 5.69 Å². The number of fused-ring (bicyclic) bond motifs is 1. The van der Waals surface area contributed by atoms with Crippen LogP contribution in [-0.4, -0.2) is 32.7 Å². The van der Waals surface area contributed by atoms with Gasteiger partial charge in [0.25, 0.3) is 0 Å². The summed E-state index contributed by atoms with van der Waals surface area (Å²) in [4.78, 5) is 12.8. The summed E-state index contributed by atoms with van der Waals surface area (Å²) in [6, 6.07) is 10.6. The molecule has 168 valence electrons. The van der Waals surface area contributed by atoms with Crippen molar-refractivity contribution in [3.63, 3.8) is 0 Å². The van der Waals surface area contributed by atoms with Crippen LogP contribution in [0.4, 0.5) is 18.9 Å². The highest BCUT2D eigenvalue weighted by molar-refractivity contribution is 7.92. The van der Waals surface area contributed by atoms with E-state index < -0.39 is 45.9 Å². The third-order valence-electron chi connectivity index (χ3n) is 4.86. The van der Waals surface area contributed by atoms with E-state index in [1.165, 1.54) is 6.07 Å². The van der Waals surface area contributed by atoms with Crippen molar-refractivity contribution in [3.8, 4) is 5.75 Å². The third kappa shape index (κ3) is 5.49. The summed E-state index contributed by atoms with van der Waals surface area (Å²) < 4.78 is 70.3. The number of benzene rings is 2. The quantitative estimate of drug-likeness (QED) is 0.741. The van der Waals surface area contributed by atoms with Crippen molar-refractivity contribution >= 4 is 21.6 Å². The number of amides is 1. The van der Waals surface area contributed by atoms with Gasteiger partial charge in [0, 0.05) is 12.0 Å². The number of nitrogens with zero attached hydrogens (tertiary/aromatic N) is 1. The van der Waals surface area contributed by atoms with Crippen LogP contribution in [-0.2, 0) is 21.0 Å². The summed E-state index contributed by atoms with van der Waals surface area (Å²) in [5.41, 5.74) is -1.05. The zero-order valence-corrected chi connectivity index (χ0v) is 18.0. The SMILES string of the molecule is CC1(C)CC(NC(=O)CN(c2cccc(C(F)(F)F)c2)S(C)(=O)=O)c2ccccc2O1. The number of sulfonamides is 1. The van der Waals surface area contributed by atoms with Crippen LogP contribution < -0.4 is 14.4 Å². The normalized spacial score (nSPS) is 17.9. The average Bonchev–Trinajstić information content (AvgIpc) is 2.64. The Balaban J connectivity index is 1.85. The molecule has 1 amide bonds. The Morgan fingerprint density at radius 3 is 2.52 bits per heavy atom. The van der Waals surface area contributed by atoms with Gasteiger partial charge in [0.2, 0.25) is 15.9 Å². The van der Waals surface area contributed by atoms with E-state index in [0.29, 0.717) is 22.5 Å². The molecule has 1 aliphatic heterocycles. The van der Waals surface area contributed by atoms with Crippen molar-refractivity contribution in [2.75, 3.05) is 17.1 Å². The molecule has 0 bridgehead atoms. The number of anilines is 1. The minimum absolute atomic E-state index is 0.236. The fourth-order valence-electron chi connectivity index (χ4n) is 3.54. The van der Waals surface area contributed by atoms with E-state index in [1.807, 2.05) is 13.8 Å². The highest BCUT2D eigenvalue weighted by atomic mass is 32.2. The first-order valence-electron chi connectivity index (χ1n) is 9.48. The molecule has 3 rings (SSSR count). The highest BCUT2D eigenvalue weighted by Crippen LogP contribution is 2.39. The van der Waals surface area contributed by atoms with Crippen LogP contribution in [0.5, 0.6) is 5.75 Å². The Labute approximate surface area is 179 Å². The number of carbonyl (C=O) groups excluding carboxylic acids is 1. The van der Waals surface area contributed by atoms with Crippen LogP contribution in [0.3, 0.4) is 0 Å². The molecule has 0 aliphatic carbocycles. The third-order valence-corrected chi connectivity index (χ3v) is 6.00. The van der Waals surface area contributed by atoms with E-state index in [4.69, 9.17) is 4.74 Å². The maximum absolute atomic E-state index is 13.1. The predicted octanol–water partition coefficient (Wildman–Crippen LogP) is 3.89. The van der Waals surface area contributed by atoms with E-state index in [0.717, 1.165) is 24.0 Å². The zero-order valence-electron chi connectivity index (χ0n) is 17.2. The molecule has 2 aromatic rings. The van der Waals surface area contributed by atoms with Gasteiger partial charge in [0.15, 0.2) is 0 Å². The highest BCUT2D eigenvalue weighted by Gasteiger charge is 2.35. The molecule has 1 atom stereocenters. The summed E-state index contributed by atoms with van der Waals surface area (Å²) in [6.07, 6.45) is -3.36. The predicted molar refractivity (Wildman–Crippen MR) is 110 cm³/mol. The summed E-state index contributed by atoms with van der Waals surface area (Å²) >= 11 is 0. The van der Waals surface area contributed by atoms with Crippen molar-refractivity contribution in [3.05, 3.63) is 59.7 Å². The van der Waals surface area contributed by atoms with Gasteiger partial charge >= 0.3 is 6.18 Å². The van der Waals surface area contributed by atoms with Gasteiger partial charge in [0.1, 0.15) is 17.9 Å². The molecular formula is C21H23F3N2O4S. The maximum atomic E-state index is 13.1. The Hall–Kier alpha value is -2.75. The first-order chi connectivity index (χ1) is 14.3. The lowest BCUT2D eigenvalue weighted by molar-refractivity contribution is -0.137. The second-order valence-electron chi connectivity index (χ2n) is 8.04. The molecule has 1 N–H and O–H groups in total. The number of para-hydroxylation sites is 1. The van der Waals surface area contributed by atoms with Gasteiger partial charge in [-0.25, -0.2) is 8.42 Å². The van der Waals surface area contributed by atoms with Gasteiger partial charge in [-0.15, -0.1) is 0 Å². The van der Waals surface area contributed by atoms with Crippen molar-refractivity contribution in [2.45, 2.75) is 38.1 Å². The molecule has 1 heterocycles. The molecule has 6 nitrogen and oxygen atoms in total. The molecule has 0 saturated heterocycles. The van der Waals surface area contributed by atoms with Gasteiger partial charge < -0.3 is 10.1 Å². The number of hydrogen-bond acceptors (Lipinski definition) is 4. The molecule has 1 unspecified atom stereocenters. The number of halogens is 3. The summed E-state index contributed by atoms with van der Waals surface area (Å²) in [5.74, 6) is -0.0257. The van der Waals surface area contributed by atoms with Gasteiger partial charge in [-0.2, -0.15) is 13.2 Å². The monoisotopic (exact) mass is 456 g/mol. The molecule has 0 fully saturated rings. The fraction of sp³-hybridized carbons (Fsp3) is 0.381. The maximum Gasteiger partial charge on any atom is 0.416 e. The minimum Gasteiger partial charge on any atom is -0.487 e. The molecule has 10 heteroatoms. The number of carbonyl (C=O) groups is 1. The number of rotatable bonds is 5. The van der Waals surface area contributed by atoms with Crippen LogP contribution >= 0.6 is 0 Å². The van der Waals surface area contributed by atoms with E-state index in [1.54, 1.807) is 24.3 Å². The first kappa shape index (κ1) is 22.9. The van der Waals surface area contributed by atoms with Crippen LogP contribution in [0.25, 0.3) is 0 Å². The topological polar surface area (TPSA) is 75.7 Å². The lowest BCUT2D eigenvalue weighted by atomic mass is 9.89. The Bertz CT molecular complexity index is 1080. The van der Waals surface area contributed by atoms with Gasteiger partial charge in [-0.1, -0.05) is 24.3 Å². The smallest absolute Gasteiger partial charge is 0.416 e. The largest absolute Gasteiger partial charge is 0.487 e. The molecule has 0 spiro atoms. The fourth-order valence-corrected chi connectivity index (χ4v) is 4.39. The Morgan fingerprint density at radius 1 is 1.19 bits per heavy atom. The van der Waals surface area contributed by atoms with Gasteiger partial charge in [-0.3, -0.25) is 9.10 Å². The Morgan fingerprint density at radius 2 is 1.87 bits per heavy atom. The van der Waals surface area contributed by atoms with Crippen LogP contribution in [0.1, 0.15) is 37.4 Å². The van der Waals surface area contributed by atoms with Crippen molar-refractivity contribution in [2.24, 2.45) is 0 Å². The standard InChI is InChI=1S/C21H23F3N2O4S/c1-20(2)12-17(16-9-4-5-10-18(16)30-20)25-19(27)13-26(31(3,28)29)15-8-6-7-14(11-15)21(22,23)24/h4-11,17H,12-13H2,1-3H3,(H,25,27). The van der Waals surface area contributed by atoms with E-state index in [2.05, 4.69) is 5.32 Å². The molecule has 0 radical (unpaired) electrons. The molecule has 0 aromatic heterocycles. The number of nitrogens with one attached hydrogen (secondary N) is 1. The second-order valence-corrected chi connectivity index (χ2v) is 9.95.